The number of amides is 1. The highest BCUT2D eigenvalue weighted by Gasteiger charge is 2.29. The van der Waals surface area contributed by atoms with Gasteiger partial charge in [0.15, 0.2) is 0 Å². The van der Waals surface area contributed by atoms with Gasteiger partial charge in [-0.2, -0.15) is 5.26 Å². The Hall–Kier alpha value is -2.87. The van der Waals surface area contributed by atoms with E-state index in [4.69, 9.17) is 5.26 Å². The van der Waals surface area contributed by atoms with Crippen LogP contribution in [0.4, 0.5) is 11.5 Å². The molecule has 110 valence electrons. The van der Waals surface area contributed by atoms with E-state index in [-0.39, 0.29) is 11.8 Å². The van der Waals surface area contributed by atoms with Gasteiger partial charge in [0.05, 0.1) is 5.56 Å². The van der Waals surface area contributed by atoms with E-state index in [0.717, 1.165) is 24.1 Å². The molecule has 1 aliphatic rings. The minimum atomic E-state index is 0.110. The molecule has 22 heavy (non-hydrogen) atoms. The van der Waals surface area contributed by atoms with Crippen molar-refractivity contribution in [1.82, 2.24) is 4.98 Å². The smallest absolute Gasteiger partial charge is 0.227 e. The largest absolute Gasteiger partial charge is 0.366 e. The summed E-state index contributed by atoms with van der Waals surface area (Å²) in [6.07, 6.45) is 3.53. The highest BCUT2D eigenvalue weighted by Crippen LogP contribution is 2.30. The summed E-state index contributed by atoms with van der Waals surface area (Å²) in [7, 11) is 0. The maximum atomic E-state index is 11.8. The Morgan fingerprint density at radius 3 is 2.86 bits per heavy atom. The Bertz CT molecular complexity index is 714. The summed E-state index contributed by atoms with van der Waals surface area (Å²) in [6, 6.07) is 13.3. The molecular formula is C17H16N4O. The van der Waals surface area contributed by atoms with Crippen LogP contribution in [0.15, 0.2) is 42.6 Å². The Labute approximate surface area is 129 Å². The predicted octanol–water partition coefficient (Wildman–Crippen LogP) is 2.91. The van der Waals surface area contributed by atoms with Crippen LogP contribution in [-0.2, 0) is 11.3 Å². The average Bonchev–Trinajstić information content (AvgIpc) is 3.39. The van der Waals surface area contributed by atoms with Crippen LogP contribution in [-0.4, -0.2) is 10.9 Å². The molecule has 1 saturated carbocycles. The van der Waals surface area contributed by atoms with Crippen molar-refractivity contribution in [3.63, 3.8) is 0 Å². The van der Waals surface area contributed by atoms with Crippen molar-refractivity contribution in [2.75, 3.05) is 10.6 Å². The molecule has 0 bridgehead atoms. The van der Waals surface area contributed by atoms with Crippen LogP contribution in [0, 0.1) is 17.2 Å². The number of hydrogen-bond donors (Lipinski definition) is 2. The molecule has 0 saturated heterocycles. The standard InChI is InChI=1S/C17H16N4O/c18-9-13-4-7-16(20-11-13)19-10-12-2-1-3-15(8-12)21-17(22)14-5-6-14/h1-4,7-8,11,14H,5-6,10H2,(H,19,20)(H,21,22). The van der Waals surface area contributed by atoms with E-state index in [1.807, 2.05) is 30.3 Å². The van der Waals surface area contributed by atoms with Crippen molar-refractivity contribution in [2.24, 2.45) is 5.92 Å². The van der Waals surface area contributed by atoms with Crippen LogP contribution >= 0.6 is 0 Å². The molecule has 1 aromatic carbocycles. The number of carbonyl (C=O) groups is 1. The first-order valence-corrected chi connectivity index (χ1v) is 7.24. The zero-order valence-corrected chi connectivity index (χ0v) is 12.0. The second-order valence-electron chi connectivity index (χ2n) is 5.36. The molecule has 2 N–H and O–H groups in total. The Morgan fingerprint density at radius 1 is 1.32 bits per heavy atom. The minimum Gasteiger partial charge on any atom is -0.366 e. The van der Waals surface area contributed by atoms with E-state index in [1.165, 1.54) is 6.20 Å². The van der Waals surface area contributed by atoms with Crippen molar-refractivity contribution in [3.05, 3.63) is 53.7 Å². The SMILES string of the molecule is N#Cc1ccc(NCc2cccc(NC(=O)C3CC3)c2)nc1. The van der Waals surface area contributed by atoms with Gasteiger partial charge in [0.2, 0.25) is 5.91 Å². The van der Waals surface area contributed by atoms with E-state index < -0.39 is 0 Å². The Kier molecular flexibility index (Phi) is 4.01. The van der Waals surface area contributed by atoms with E-state index in [2.05, 4.69) is 15.6 Å². The Morgan fingerprint density at radius 2 is 2.18 bits per heavy atom. The van der Waals surface area contributed by atoms with Crippen molar-refractivity contribution >= 4 is 17.4 Å². The van der Waals surface area contributed by atoms with Crippen molar-refractivity contribution in [2.45, 2.75) is 19.4 Å². The Balaban J connectivity index is 1.59. The number of benzene rings is 1. The third-order valence-corrected chi connectivity index (χ3v) is 3.51. The van der Waals surface area contributed by atoms with Crippen LogP contribution < -0.4 is 10.6 Å². The van der Waals surface area contributed by atoms with Gasteiger partial charge in [-0.15, -0.1) is 0 Å². The van der Waals surface area contributed by atoms with Crippen molar-refractivity contribution < 1.29 is 4.79 Å². The monoisotopic (exact) mass is 292 g/mol. The number of nitriles is 1. The summed E-state index contributed by atoms with van der Waals surface area (Å²) < 4.78 is 0. The fourth-order valence-electron chi connectivity index (χ4n) is 2.11. The summed E-state index contributed by atoms with van der Waals surface area (Å²) in [4.78, 5) is 15.9. The summed E-state index contributed by atoms with van der Waals surface area (Å²) in [5.41, 5.74) is 2.42. The first kappa shape index (κ1) is 14.1. The van der Waals surface area contributed by atoms with Crippen LogP contribution in [0.2, 0.25) is 0 Å². The summed E-state index contributed by atoms with van der Waals surface area (Å²) in [5.74, 6) is 1.02. The van der Waals surface area contributed by atoms with Gasteiger partial charge >= 0.3 is 0 Å². The molecule has 1 heterocycles. The van der Waals surface area contributed by atoms with E-state index in [9.17, 15) is 4.79 Å². The lowest BCUT2D eigenvalue weighted by atomic mass is 10.2. The van der Waals surface area contributed by atoms with Crippen molar-refractivity contribution in [3.8, 4) is 6.07 Å². The summed E-state index contributed by atoms with van der Waals surface area (Å²) in [5, 5.41) is 14.9. The number of aromatic nitrogens is 1. The fourth-order valence-corrected chi connectivity index (χ4v) is 2.11. The summed E-state index contributed by atoms with van der Waals surface area (Å²) >= 11 is 0. The lowest BCUT2D eigenvalue weighted by Crippen LogP contribution is -2.13. The van der Waals surface area contributed by atoms with Gasteiger partial charge < -0.3 is 10.6 Å². The molecule has 5 heteroatoms. The first-order valence-electron chi connectivity index (χ1n) is 7.24. The number of hydrogen-bond acceptors (Lipinski definition) is 4. The lowest BCUT2D eigenvalue weighted by Gasteiger charge is -2.08. The van der Waals surface area contributed by atoms with Gasteiger partial charge in [0, 0.05) is 24.3 Å². The van der Waals surface area contributed by atoms with Gasteiger partial charge in [-0.3, -0.25) is 4.79 Å². The molecule has 3 rings (SSSR count). The number of nitrogens with one attached hydrogen (secondary N) is 2. The number of rotatable bonds is 5. The third kappa shape index (κ3) is 3.61. The highest BCUT2D eigenvalue weighted by molar-refractivity contribution is 5.94. The van der Waals surface area contributed by atoms with E-state index >= 15 is 0 Å². The molecular weight excluding hydrogens is 276 g/mol. The van der Waals surface area contributed by atoms with Crippen LogP contribution in [0.3, 0.4) is 0 Å². The molecule has 1 fully saturated rings. The van der Waals surface area contributed by atoms with Crippen LogP contribution in [0.1, 0.15) is 24.0 Å². The second-order valence-corrected chi connectivity index (χ2v) is 5.36. The molecule has 0 spiro atoms. The van der Waals surface area contributed by atoms with Gasteiger partial charge in [-0.1, -0.05) is 12.1 Å². The third-order valence-electron chi connectivity index (χ3n) is 3.51. The molecule has 0 unspecified atom stereocenters. The van der Waals surface area contributed by atoms with Gasteiger partial charge in [0.25, 0.3) is 0 Å². The predicted molar refractivity (Wildman–Crippen MR) is 84.1 cm³/mol. The fraction of sp³-hybridized carbons (Fsp3) is 0.235. The maximum absolute atomic E-state index is 11.8. The van der Waals surface area contributed by atoms with E-state index in [1.54, 1.807) is 12.1 Å². The molecule has 2 aromatic rings. The lowest BCUT2D eigenvalue weighted by molar-refractivity contribution is -0.117. The van der Waals surface area contributed by atoms with Gasteiger partial charge in [0.1, 0.15) is 11.9 Å². The van der Waals surface area contributed by atoms with Crippen molar-refractivity contribution in [1.29, 1.82) is 5.26 Å². The topological polar surface area (TPSA) is 77.8 Å². The molecule has 5 nitrogen and oxygen atoms in total. The van der Waals surface area contributed by atoms with E-state index in [0.29, 0.717) is 17.9 Å². The quantitative estimate of drug-likeness (QED) is 0.888. The summed E-state index contributed by atoms with van der Waals surface area (Å²) in [6.45, 7) is 0.603. The van der Waals surface area contributed by atoms with Crippen LogP contribution in [0.25, 0.3) is 0 Å². The molecule has 1 aliphatic carbocycles. The maximum Gasteiger partial charge on any atom is 0.227 e. The van der Waals surface area contributed by atoms with Crippen LogP contribution in [0.5, 0.6) is 0 Å². The van der Waals surface area contributed by atoms with Gasteiger partial charge in [-0.25, -0.2) is 4.98 Å². The number of carbonyl (C=O) groups excluding carboxylic acids is 1. The first-order chi connectivity index (χ1) is 10.7. The highest BCUT2D eigenvalue weighted by atomic mass is 16.2. The molecule has 1 amide bonds. The average molecular weight is 292 g/mol. The molecule has 1 aromatic heterocycles. The molecule has 0 aliphatic heterocycles. The zero-order valence-electron chi connectivity index (χ0n) is 12.0. The van der Waals surface area contributed by atoms with Gasteiger partial charge in [-0.05, 0) is 42.7 Å². The molecule has 0 atom stereocenters. The number of nitrogens with zero attached hydrogens (tertiary/aromatic N) is 2. The second kappa shape index (κ2) is 6.27. The minimum absolute atomic E-state index is 0.110. The number of anilines is 2. The number of pyridine rings is 1. The zero-order chi connectivity index (χ0) is 15.4. The normalized spacial score (nSPS) is 13.2. The molecule has 0 radical (unpaired) electrons.